The Bertz CT molecular complexity index is 1060. The Morgan fingerprint density at radius 3 is 2.52 bits per heavy atom. The predicted octanol–water partition coefficient (Wildman–Crippen LogP) is 4.39. The average molecular weight is 485 g/mol. The van der Waals surface area contributed by atoms with Crippen molar-refractivity contribution >= 4 is 28.1 Å². The number of hydrogen-bond acceptors (Lipinski definition) is 6. The maximum Gasteiger partial charge on any atom is 0.275 e. The predicted molar refractivity (Wildman–Crippen MR) is 121 cm³/mol. The quantitative estimate of drug-likeness (QED) is 0.267. The van der Waals surface area contributed by atoms with Crippen LogP contribution in [-0.4, -0.2) is 37.6 Å². The van der Waals surface area contributed by atoms with E-state index >= 15 is 0 Å². The second kappa shape index (κ2) is 11.0. The van der Waals surface area contributed by atoms with E-state index < -0.39 is 5.91 Å². The fourth-order valence-electron chi connectivity index (χ4n) is 2.66. The summed E-state index contributed by atoms with van der Waals surface area (Å²) in [7, 11) is 1.45. The molecule has 0 aliphatic carbocycles. The van der Waals surface area contributed by atoms with Gasteiger partial charge in [-0.05, 0) is 57.9 Å². The number of hydrogen-bond donors (Lipinski definition) is 2. The molecule has 0 atom stereocenters. The summed E-state index contributed by atoms with van der Waals surface area (Å²) in [5.41, 5.74) is 3.46. The lowest BCUT2D eigenvalue weighted by Gasteiger charge is -2.11. The number of carbonyl (C=O) groups is 1. The number of methoxy groups -OCH3 is 1. The van der Waals surface area contributed by atoms with Gasteiger partial charge in [-0.3, -0.25) is 4.79 Å². The first-order valence-electron chi connectivity index (χ1n) is 9.38. The van der Waals surface area contributed by atoms with Crippen LogP contribution in [0.4, 0.5) is 0 Å². The first-order chi connectivity index (χ1) is 15.1. The Kier molecular flexibility index (Phi) is 7.89. The minimum atomic E-state index is -0.416. The smallest absolute Gasteiger partial charge is 0.275 e. The third kappa shape index (κ3) is 6.23. The summed E-state index contributed by atoms with van der Waals surface area (Å²) in [6.45, 7) is 0.624. The molecule has 8 heteroatoms. The summed E-state index contributed by atoms with van der Waals surface area (Å²) in [6.07, 6.45) is 1.45. The molecule has 0 aliphatic heterocycles. The molecule has 0 heterocycles. The van der Waals surface area contributed by atoms with Crippen LogP contribution in [0.2, 0.25) is 0 Å². The standard InChI is InChI=1S/C23H21BrN2O5/c1-29-21-14-16(13-19(24)22(21)27)15-25-26-23(28)18-9-5-6-10-20(18)31-12-11-30-17-7-3-2-4-8-17/h2-10,13-15,27H,11-12H2,1H3,(H,26,28). The number of nitrogens with one attached hydrogen (secondary N) is 1. The van der Waals surface area contributed by atoms with Gasteiger partial charge in [-0.15, -0.1) is 0 Å². The summed E-state index contributed by atoms with van der Waals surface area (Å²) in [5, 5.41) is 13.8. The molecule has 0 fully saturated rings. The van der Waals surface area contributed by atoms with Gasteiger partial charge >= 0.3 is 0 Å². The van der Waals surface area contributed by atoms with Crippen molar-refractivity contribution in [3.63, 3.8) is 0 Å². The Hall–Kier alpha value is -3.52. The molecule has 0 bridgehead atoms. The molecule has 1 amide bonds. The van der Waals surface area contributed by atoms with E-state index in [1.807, 2.05) is 30.3 Å². The molecule has 3 aromatic rings. The van der Waals surface area contributed by atoms with Gasteiger partial charge in [-0.2, -0.15) is 5.10 Å². The highest BCUT2D eigenvalue weighted by Crippen LogP contribution is 2.34. The minimum absolute atomic E-state index is 0.00833. The van der Waals surface area contributed by atoms with E-state index in [4.69, 9.17) is 14.2 Å². The van der Waals surface area contributed by atoms with Gasteiger partial charge in [0.25, 0.3) is 5.91 Å². The fraction of sp³-hybridized carbons (Fsp3) is 0.130. The van der Waals surface area contributed by atoms with Gasteiger partial charge in [0.1, 0.15) is 24.7 Å². The van der Waals surface area contributed by atoms with Crippen molar-refractivity contribution in [2.24, 2.45) is 5.10 Å². The number of phenols is 1. The number of halogens is 1. The molecule has 0 unspecified atom stereocenters. The lowest BCUT2D eigenvalue weighted by atomic mass is 10.2. The number of hydrazone groups is 1. The molecule has 160 valence electrons. The lowest BCUT2D eigenvalue weighted by molar-refractivity contribution is 0.0950. The van der Waals surface area contributed by atoms with Gasteiger partial charge in [0.15, 0.2) is 11.5 Å². The van der Waals surface area contributed by atoms with Crippen molar-refractivity contribution in [3.8, 4) is 23.0 Å². The van der Waals surface area contributed by atoms with Gasteiger partial charge in [-0.25, -0.2) is 5.43 Å². The molecule has 0 saturated carbocycles. The first-order valence-corrected chi connectivity index (χ1v) is 10.2. The van der Waals surface area contributed by atoms with E-state index in [1.165, 1.54) is 13.3 Å². The minimum Gasteiger partial charge on any atom is -0.503 e. The van der Waals surface area contributed by atoms with Crippen LogP contribution >= 0.6 is 15.9 Å². The van der Waals surface area contributed by atoms with Crippen LogP contribution in [0.25, 0.3) is 0 Å². The maximum absolute atomic E-state index is 12.5. The number of nitrogens with zero attached hydrogens (tertiary/aromatic N) is 1. The zero-order valence-corrected chi connectivity index (χ0v) is 18.3. The summed E-state index contributed by atoms with van der Waals surface area (Å²) in [6, 6.07) is 19.6. The summed E-state index contributed by atoms with van der Waals surface area (Å²) in [5.74, 6) is 1.05. The molecular weight excluding hydrogens is 464 g/mol. The molecule has 2 N–H and O–H groups in total. The zero-order valence-electron chi connectivity index (χ0n) is 16.7. The maximum atomic E-state index is 12.5. The van der Waals surface area contributed by atoms with Crippen molar-refractivity contribution in [3.05, 3.63) is 82.3 Å². The number of benzene rings is 3. The normalized spacial score (nSPS) is 10.6. The summed E-state index contributed by atoms with van der Waals surface area (Å²) < 4.78 is 16.9. The molecular formula is C23H21BrN2O5. The number of carbonyl (C=O) groups excluding carboxylic acids is 1. The molecule has 0 saturated heterocycles. The lowest BCUT2D eigenvalue weighted by Crippen LogP contribution is -2.19. The largest absolute Gasteiger partial charge is 0.503 e. The molecule has 7 nitrogen and oxygen atoms in total. The van der Waals surface area contributed by atoms with Gasteiger partial charge in [-0.1, -0.05) is 30.3 Å². The van der Waals surface area contributed by atoms with Crippen molar-refractivity contribution in [1.29, 1.82) is 0 Å². The molecule has 3 aromatic carbocycles. The number of aromatic hydroxyl groups is 1. The second-order valence-electron chi connectivity index (χ2n) is 6.26. The van der Waals surface area contributed by atoms with E-state index in [9.17, 15) is 9.90 Å². The average Bonchev–Trinajstić information content (AvgIpc) is 2.79. The van der Waals surface area contributed by atoms with Crippen molar-refractivity contribution in [1.82, 2.24) is 5.43 Å². The molecule has 31 heavy (non-hydrogen) atoms. The highest BCUT2D eigenvalue weighted by Gasteiger charge is 2.12. The Balaban J connectivity index is 1.58. The van der Waals surface area contributed by atoms with E-state index in [1.54, 1.807) is 36.4 Å². The monoisotopic (exact) mass is 484 g/mol. The van der Waals surface area contributed by atoms with Gasteiger partial charge in [0.05, 0.1) is 23.4 Å². The van der Waals surface area contributed by atoms with Crippen molar-refractivity contribution in [2.45, 2.75) is 0 Å². The Labute approximate surface area is 188 Å². The molecule has 0 spiro atoms. The third-order valence-corrected chi connectivity index (χ3v) is 4.74. The van der Waals surface area contributed by atoms with Crippen LogP contribution < -0.4 is 19.6 Å². The highest BCUT2D eigenvalue weighted by molar-refractivity contribution is 9.10. The van der Waals surface area contributed by atoms with Crippen LogP contribution in [0.5, 0.6) is 23.0 Å². The number of ether oxygens (including phenoxy) is 3. The number of para-hydroxylation sites is 2. The fourth-order valence-corrected chi connectivity index (χ4v) is 3.12. The topological polar surface area (TPSA) is 89.4 Å². The second-order valence-corrected chi connectivity index (χ2v) is 7.11. The molecule has 0 aliphatic rings. The van der Waals surface area contributed by atoms with Crippen LogP contribution in [0.1, 0.15) is 15.9 Å². The van der Waals surface area contributed by atoms with Crippen LogP contribution in [0, 0.1) is 0 Å². The molecule has 3 rings (SSSR count). The van der Waals surface area contributed by atoms with Gasteiger partial charge in [0.2, 0.25) is 0 Å². The molecule has 0 radical (unpaired) electrons. The Morgan fingerprint density at radius 2 is 1.74 bits per heavy atom. The zero-order chi connectivity index (χ0) is 22.1. The number of rotatable bonds is 9. The van der Waals surface area contributed by atoms with Crippen molar-refractivity contribution < 1.29 is 24.1 Å². The molecule has 0 aromatic heterocycles. The van der Waals surface area contributed by atoms with E-state index in [-0.39, 0.29) is 12.4 Å². The third-order valence-electron chi connectivity index (χ3n) is 4.13. The highest BCUT2D eigenvalue weighted by atomic mass is 79.9. The van der Waals surface area contributed by atoms with Gasteiger partial charge in [0, 0.05) is 0 Å². The van der Waals surface area contributed by atoms with Crippen LogP contribution in [0.15, 0.2) is 76.3 Å². The van der Waals surface area contributed by atoms with Crippen LogP contribution in [0.3, 0.4) is 0 Å². The van der Waals surface area contributed by atoms with Crippen molar-refractivity contribution in [2.75, 3.05) is 20.3 Å². The SMILES string of the molecule is COc1cc(C=NNC(=O)c2ccccc2OCCOc2ccccc2)cc(Br)c1O. The summed E-state index contributed by atoms with van der Waals surface area (Å²) >= 11 is 3.24. The van der Waals surface area contributed by atoms with E-state index in [2.05, 4.69) is 26.5 Å². The number of amides is 1. The van der Waals surface area contributed by atoms with Crippen LogP contribution in [-0.2, 0) is 0 Å². The summed E-state index contributed by atoms with van der Waals surface area (Å²) in [4.78, 5) is 12.5. The Morgan fingerprint density at radius 1 is 1.03 bits per heavy atom. The number of phenolic OH excluding ortho intramolecular Hbond substituents is 1. The van der Waals surface area contributed by atoms with Gasteiger partial charge < -0.3 is 19.3 Å². The van der Waals surface area contributed by atoms with E-state index in [0.29, 0.717) is 33.7 Å². The first kappa shape index (κ1) is 22.2. The van der Waals surface area contributed by atoms with E-state index in [0.717, 1.165) is 5.75 Å².